The molecular weight excluding hydrogens is 486 g/mol. The van der Waals surface area contributed by atoms with Crippen LogP contribution < -0.4 is 10.3 Å². The van der Waals surface area contributed by atoms with Crippen molar-refractivity contribution in [1.82, 2.24) is 19.5 Å². The van der Waals surface area contributed by atoms with Gasteiger partial charge in [-0.05, 0) is 93.3 Å². The third-order valence-corrected chi connectivity index (χ3v) is 7.71. The molecule has 4 aromatic heterocycles. The quantitative estimate of drug-likeness (QED) is 0.295. The van der Waals surface area contributed by atoms with Gasteiger partial charge in [0.2, 0.25) is 5.88 Å². The maximum absolute atomic E-state index is 14.4. The molecule has 4 aromatic rings. The van der Waals surface area contributed by atoms with Crippen LogP contribution >= 0.6 is 0 Å². The van der Waals surface area contributed by atoms with Gasteiger partial charge in [0.1, 0.15) is 5.65 Å². The lowest BCUT2D eigenvalue weighted by molar-refractivity contribution is 0.0160. The molecule has 0 unspecified atom stereocenters. The Morgan fingerprint density at radius 1 is 1.03 bits per heavy atom. The number of aryl methyl sites for hydroxylation is 2. The predicted molar refractivity (Wildman–Crippen MR) is 143 cm³/mol. The van der Waals surface area contributed by atoms with Crippen LogP contribution in [0.3, 0.4) is 0 Å². The number of ether oxygens (including phenoxy) is 1. The number of fused-ring (bicyclic) bond motifs is 1. The van der Waals surface area contributed by atoms with Crippen molar-refractivity contribution in [3.05, 3.63) is 92.8 Å². The van der Waals surface area contributed by atoms with Crippen molar-refractivity contribution in [1.29, 1.82) is 0 Å². The van der Waals surface area contributed by atoms with Gasteiger partial charge in [-0.15, -0.1) is 0 Å². The number of hydrogen-bond acceptors (Lipinski definition) is 5. The van der Waals surface area contributed by atoms with Gasteiger partial charge in [0.15, 0.2) is 0 Å². The highest BCUT2D eigenvalue weighted by atomic mass is 19.3. The van der Waals surface area contributed by atoms with Gasteiger partial charge >= 0.3 is 0 Å². The number of rotatable bonds is 6. The van der Waals surface area contributed by atoms with Crippen LogP contribution in [0.5, 0.6) is 5.88 Å². The van der Waals surface area contributed by atoms with Crippen LogP contribution in [0, 0.1) is 13.8 Å². The number of alkyl halides is 2. The lowest BCUT2D eigenvalue weighted by Crippen LogP contribution is -2.29. The van der Waals surface area contributed by atoms with Gasteiger partial charge < -0.3 is 4.74 Å². The Kier molecular flexibility index (Phi) is 6.99. The minimum absolute atomic E-state index is 0.0643. The SMILES string of the molecule is COc1nccc(C)c1C1CCC(c2cc3ccc(C)nc3n(Cc3ncccc3C(C)(F)F)c2=O)CC1. The summed E-state index contributed by atoms with van der Waals surface area (Å²) in [5.74, 6) is -2.03. The third-order valence-electron chi connectivity index (χ3n) is 7.71. The van der Waals surface area contributed by atoms with Gasteiger partial charge in [0, 0.05) is 47.1 Å². The minimum atomic E-state index is -3.08. The molecule has 1 fully saturated rings. The van der Waals surface area contributed by atoms with Gasteiger partial charge in [-0.1, -0.05) is 0 Å². The Bertz CT molecular complexity index is 1540. The standard InChI is InChI=1S/C30H32F2N4O2/c1-18-13-15-34-28(38-4)26(18)21-11-9-20(10-12-21)23-16-22-8-7-19(2)35-27(22)36(29(23)37)17-25-24(30(3,31)32)6-5-14-33-25/h5-8,13-16,20-21H,9-12,17H2,1-4H3. The van der Waals surface area contributed by atoms with E-state index in [-0.39, 0.29) is 29.3 Å². The highest BCUT2D eigenvalue weighted by Gasteiger charge is 2.31. The largest absolute Gasteiger partial charge is 0.481 e. The van der Waals surface area contributed by atoms with Crippen molar-refractivity contribution in [3.63, 3.8) is 0 Å². The molecule has 0 N–H and O–H groups in total. The lowest BCUT2D eigenvalue weighted by Gasteiger charge is -2.30. The number of pyridine rings is 4. The van der Waals surface area contributed by atoms with Crippen molar-refractivity contribution in [2.45, 2.75) is 70.8 Å². The molecule has 0 aliphatic heterocycles. The maximum atomic E-state index is 14.4. The van der Waals surface area contributed by atoms with Gasteiger partial charge in [-0.2, -0.15) is 0 Å². The molecule has 1 aliphatic rings. The second kappa shape index (κ2) is 10.2. The molecule has 0 amide bonds. The molecule has 0 radical (unpaired) electrons. The summed E-state index contributed by atoms with van der Waals surface area (Å²) in [7, 11) is 1.64. The molecule has 38 heavy (non-hydrogen) atoms. The third kappa shape index (κ3) is 4.91. The zero-order valence-electron chi connectivity index (χ0n) is 22.2. The van der Waals surface area contributed by atoms with Gasteiger partial charge in [0.25, 0.3) is 11.5 Å². The van der Waals surface area contributed by atoms with Crippen LogP contribution in [0.15, 0.2) is 53.6 Å². The topological polar surface area (TPSA) is 69.9 Å². The minimum Gasteiger partial charge on any atom is -0.481 e. The fourth-order valence-electron chi connectivity index (χ4n) is 5.81. The monoisotopic (exact) mass is 518 g/mol. The molecule has 0 atom stereocenters. The van der Waals surface area contributed by atoms with Gasteiger partial charge in [0.05, 0.1) is 19.3 Å². The van der Waals surface area contributed by atoms with E-state index < -0.39 is 5.92 Å². The van der Waals surface area contributed by atoms with E-state index in [0.717, 1.165) is 54.8 Å². The molecule has 0 aromatic carbocycles. The van der Waals surface area contributed by atoms with Crippen LogP contribution in [-0.2, 0) is 12.5 Å². The molecule has 4 heterocycles. The summed E-state index contributed by atoms with van der Waals surface area (Å²) >= 11 is 0. The second-order valence-electron chi connectivity index (χ2n) is 10.3. The molecular formula is C30H32F2N4O2. The number of aromatic nitrogens is 4. The van der Waals surface area contributed by atoms with Gasteiger partial charge in [-0.25, -0.2) is 18.7 Å². The molecule has 8 heteroatoms. The number of halogens is 2. The maximum Gasteiger partial charge on any atom is 0.272 e. The summed E-state index contributed by atoms with van der Waals surface area (Å²) in [5, 5.41) is 0.817. The fraction of sp³-hybridized carbons (Fsp3) is 0.400. The van der Waals surface area contributed by atoms with Crippen molar-refractivity contribution in [3.8, 4) is 5.88 Å². The molecule has 5 rings (SSSR count). The Balaban J connectivity index is 1.52. The summed E-state index contributed by atoms with van der Waals surface area (Å²) in [6, 6.07) is 10.7. The van der Waals surface area contributed by atoms with Crippen LogP contribution in [-0.4, -0.2) is 26.6 Å². The smallest absolute Gasteiger partial charge is 0.272 e. The first-order chi connectivity index (χ1) is 18.2. The predicted octanol–water partition coefficient (Wildman–Crippen LogP) is 6.41. The average molecular weight is 519 g/mol. The molecule has 1 saturated carbocycles. The molecule has 0 saturated heterocycles. The molecule has 198 valence electrons. The highest BCUT2D eigenvalue weighted by Crippen LogP contribution is 2.43. The van der Waals surface area contributed by atoms with Crippen molar-refractivity contribution in [2.75, 3.05) is 7.11 Å². The number of hydrogen-bond donors (Lipinski definition) is 0. The Morgan fingerprint density at radius 3 is 2.47 bits per heavy atom. The zero-order valence-corrected chi connectivity index (χ0v) is 22.2. The number of methoxy groups -OCH3 is 1. The molecule has 1 aliphatic carbocycles. The van der Waals surface area contributed by atoms with E-state index in [1.807, 2.05) is 31.2 Å². The van der Waals surface area contributed by atoms with E-state index in [0.29, 0.717) is 23.0 Å². The van der Waals surface area contributed by atoms with E-state index >= 15 is 0 Å². The Hall–Kier alpha value is -3.68. The first kappa shape index (κ1) is 25.9. The summed E-state index contributed by atoms with van der Waals surface area (Å²) in [6.45, 7) is 4.71. The highest BCUT2D eigenvalue weighted by molar-refractivity contribution is 5.76. The van der Waals surface area contributed by atoms with Crippen LogP contribution in [0.1, 0.15) is 78.1 Å². The average Bonchev–Trinajstić information content (AvgIpc) is 2.90. The van der Waals surface area contributed by atoms with Crippen LogP contribution in [0.25, 0.3) is 11.0 Å². The molecule has 6 nitrogen and oxygen atoms in total. The fourth-order valence-corrected chi connectivity index (χ4v) is 5.81. The second-order valence-corrected chi connectivity index (χ2v) is 10.3. The Morgan fingerprint density at radius 2 is 1.76 bits per heavy atom. The first-order valence-corrected chi connectivity index (χ1v) is 13.0. The number of nitrogens with zero attached hydrogens (tertiary/aromatic N) is 4. The van der Waals surface area contributed by atoms with E-state index in [4.69, 9.17) is 4.74 Å². The van der Waals surface area contributed by atoms with Crippen molar-refractivity contribution in [2.24, 2.45) is 0 Å². The van der Waals surface area contributed by atoms with E-state index in [2.05, 4.69) is 21.9 Å². The summed E-state index contributed by atoms with van der Waals surface area (Å²) in [5.41, 5.74) is 4.05. The normalized spacial score (nSPS) is 18.1. The molecule has 0 bridgehead atoms. The summed E-state index contributed by atoms with van der Waals surface area (Å²) in [4.78, 5) is 27.2. The van der Waals surface area contributed by atoms with Crippen LogP contribution in [0.2, 0.25) is 0 Å². The van der Waals surface area contributed by atoms with Crippen LogP contribution in [0.4, 0.5) is 8.78 Å². The molecule has 0 spiro atoms. The zero-order chi connectivity index (χ0) is 27.0. The summed E-state index contributed by atoms with van der Waals surface area (Å²) < 4.78 is 35.8. The Labute approximate surface area is 220 Å². The van der Waals surface area contributed by atoms with Gasteiger partial charge in [-0.3, -0.25) is 14.3 Å². The summed E-state index contributed by atoms with van der Waals surface area (Å²) in [6.07, 6.45) is 6.73. The van der Waals surface area contributed by atoms with Crippen molar-refractivity contribution < 1.29 is 13.5 Å². The van der Waals surface area contributed by atoms with E-state index in [9.17, 15) is 13.6 Å². The van der Waals surface area contributed by atoms with E-state index in [1.165, 1.54) is 22.9 Å². The first-order valence-electron chi connectivity index (χ1n) is 13.0. The van der Waals surface area contributed by atoms with Crippen molar-refractivity contribution >= 4 is 11.0 Å². The van der Waals surface area contributed by atoms with E-state index in [1.54, 1.807) is 13.3 Å². The lowest BCUT2D eigenvalue weighted by atomic mass is 9.75.